The van der Waals surface area contributed by atoms with E-state index in [0.29, 0.717) is 0 Å². The number of rotatable bonds is 5. The topological polar surface area (TPSA) is 21.6 Å². The van der Waals surface area contributed by atoms with E-state index in [-0.39, 0.29) is 16.9 Å². The van der Waals surface area contributed by atoms with Crippen molar-refractivity contribution in [2.24, 2.45) is 4.99 Å². The molecule has 0 fully saturated rings. The molecule has 0 saturated heterocycles. The van der Waals surface area contributed by atoms with E-state index in [1.807, 2.05) is 12.3 Å². The first-order valence-corrected chi connectivity index (χ1v) is 13.1. The second-order valence-corrected chi connectivity index (χ2v) is 12.3. The van der Waals surface area contributed by atoms with E-state index in [1.165, 1.54) is 16.7 Å². The molecule has 0 aliphatic rings. The Hall–Kier alpha value is -1.56. The third-order valence-corrected chi connectivity index (χ3v) is 5.57. The van der Waals surface area contributed by atoms with Crippen LogP contribution in [-0.2, 0) is 10.8 Å². The summed E-state index contributed by atoms with van der Waals surface area (Å²) in [6.45, 7) is 15.7. The predicted octanol–water partition coefficient (Wildman–Crippen LogP) is 7.09. The minimum absolute atomic E-state index is 0.00746. The fourth-order valence-electron chi connectivity index (χ4n) is 3.11. The molecule has 0 aliphatic heterocycles. The highest BCUT2D eigenvalue weighted by atomic mass is 27.2. The zero-order chi connectivity index (χ0) is 21.1. The third-order valence-electron chi connectivity index (χ3n) is 4.86. The molecule has 0 aromatic heterocycles. The molecule has 2 rings (SSSR count). The summed E-state index contributed by atoms with van der Waals surface area (Å²) in [6.07, 6.45) is 2.02. The van der Waals surface area contributed by atoms with Crippen LogP contribution in [0.4, 0.5) is 0 Å². The first kappa shape index (κ1) is 22.7. The molecule has 2 aromatic carbocycles. The molecule has 150 valence electrons. The molecular formula is C25H36AlNO. The van der Waals surface area contributed by atoms with Crippen molar-refractivity contribution in [2.45, 2.75) is 76.9 Å². The van der Waals surface area contributed by atoms with Gasteiger partial charge in [-0.25, -0.2) is 0 Å². The van der Waals surface area contributed by atoms with Crippen LogP contribution in [0.3, 0.4) is 0 Å². The molecule has 28 heavy (non-hydrogen) atoms. The van der Waals surface area contributed by atoms with Gasteiger partial charge in [-0.05, 0) is 40.5 Å². The van der Waals surface area contributed by atoms with Crippen molar-refractivity contribution in [2.75, 3.05) is 0 Å². The minimum atomic E-state index is -1.25. The van der Waals surface area contributed by atoms with Crippen LogP contribution in [0, 0.1) is 0 Å². The first-order chi connectivity index (χ1) is 12.9. The average molecular weight is 394 g/mol. The fraction of sp³-hybridized carbons (Fsp3) is 0.480. The Morgan fingerprint density at radius 1 is 0.929 bits per heavy atom. The summed E-state index contributed by atoms with van der Waals surface area (Å²) >= 11 is -1.25. The largest absolute Gasteiger partial charge is 0.642 e. The number of benzene rings is 2. The highest BCUT2D eigenvalue weighted by Gasteiger charge is 2.26. The van der Waals surface area contributed by atoms with Crippen LogP contribution in [0.5, 0.6) is 5.75 Å². The van der Waals surface area contributed by atoms with E-state index in [0.717, 1.165) is 11.3 Å². The minimum Gasteiger partial charge on any atom is -0.642 e. The summed E-state index contributed by atoms with van der Waals surface area (Å²) < 4.78 is 6.46. The molecule has 0 amide bonds. The van der Waals surface area contributed by atoms with E-state index < -0.39 is 14.5 Å². The zero-order valence-electron chi connectivity index (χ0n) is 19.1. The van der Waals surface area contributed by atoms with E-state index in [1.54, 1.807) is 0 Å². The lowest BCUT2D eigenvalue weighted by atomic mass is 9.79. The maximum atomic E-state index is 6.46. The van der Waals surface area contributed by atoms with Crippen LogP contribution >= 0.6 is 0 Å². The second kappa shape index (κ2) is 8.85. The van der Waals surface area contributed by atoms with Gasteiger partial charge in [0.1, 0.15) is 0 Å². The van der Waals surface area contributed by atoms with E-state index in [4.69, 9.17) is 8.78 Å². The van der Waals surface area contributed by atoms with Crippen molar-refractivity contribution in [1.29, 1.82) is 0 Å². The second-order valence-electron chi connectivity index (χ2n) is 9.97. The number of nitrogens with zero attached hydrogens (tertiary/aromatic N) is 1. The number of hydrogen-bond acceptors (Lipinski definition) is 2. The molecule has 0 aliphatic carbocycles. The lowest BCUT2D eigenvalue weighted by molar-refractivity contribution is 0.513. The maximum absolute atomic E-state index is 6.46. The van der Waals surface area contributed by atoms with Gasteiger partial charge in [-0.3, -0.25) is 4.99 Å². The molecule has 0 unspecified atom stereocenters. The highest BCUT2D eigenvalue weighted by Crippen LogP contribution is 2.38. The zero-order valence-corrected chi connectivity index (χ0v) is 20.3. The third kappa shape index (κ3) is 5.97. The van der Waals surface area contributed by atoms with Crippen LogP contribution in [0.1, 0.15) is 76.8 Å². The average Bonchev–Trinajstić information content (AvgIpc) is 2.58. The summed E-state index contributed by atoms with van der Waals surface area (Å²) in [7, 11) is 0. The molecule has 2 nitrogen and oxygen atoms in total. The Balaban J connectivity index is 2.60. The lowest BCUT2D eigenvalue weighted by Crippen LogP contribution is -2.22. The summed E-state index contributed by atoms with van der Waals surface area (Å²) in [4.78, 5) is 4.89. The fourth-order valence-corrected chi connectivity index (χ4v) is 3.85. The van der Waals surface area contributed by atoms with Gasteiger partial charge in [0.05, 0.1) is 11.8 Å². The van der Waals surface area contributed by atoms with Crippen LogP contribution in [0.25, 0.3) is 0 Å². The van der Waals surface area contributed by atoms with Crippen molar-refractivity contribution in [1.82, 2.24) is 0 Å². The van der Waals surface area contributed by atoms with Crippen LogP contribution in [0.2, 0.25) is 11.6 Å². The molecule has 2 aromatic rings. The first-order valence-electron chi connectivity index (χ1n) is 10.3. The van der Waals surface area contributed by atoms with E-state index in [9.17, 15) is 0 Å². The van der Waals surface area contributed by atoms with Crippen molar-refractivity contribution in [3.8, 4) is 5.75 Å². The number of hydrogen-bond donors (Lipinski definition) is 0. The molecule has 0 spiro atoms. The van der Waals surface area contributed by atoms with Crippen molar-refractivity contribution >= 4 is 20.7 Å². The van der Waals surface area contributed by atoms with Crippen LogP contribution < -0.4 is 3.79 Å². The molecule has 0 N–H and O–H groups in total. The molecule has 1 atom stereocenters. The molecule has 0 heterocycles. The Morgan fingerprint density at radius 2 is 1.54 bits per heavy atom. The Bertz CT molecular complexity index is 811. The quantitative estimate of drug-likeness (QED) is 0.392. The van der Waals surface area contributed by atoms with Crippen LogP contribution in [-0.4, -0.2) is 20.7 Å². The van der Waals surface area contributed by atoms with Gasteiger partial charge >= 0.3 is 14.5 Å². The molecule has 3 heteroatoms. The lowest BCUT2D eigenvalue weighted by Gasteiger charge is -2.30. The summed E-state index contributed by atoms with van der Waals surface area (Å²) in [6, 6.07) is 15.2. The summed E-state index contributed by atoms with van der Waals surface area (Å²) in [5, 5.41) is 0. The monoisotopic (exact) mass is 393 g/mol. The Labute approximate surface area is 176 Å². The molecule has 0 saturated carbocycles. The van der Waals surface area contributed by atoms with E-state index in [2.05, 4.69) is 96.4 Å². The summed E-state index contributed by atoms with van der Waals surface area (Å²) in [5.41, 5.74) is 5.00. The molecule has 0 bridgehead atoms. The molecule has 0 radical (unpaired) electrons. The maximum Gasteiger partial charge on any atom is 0.540 e. The van der Waals surface area contributed by atoms with Gasteiger partial charge in [0.15, 0.2) is 0 Å². The van der Waals surface area contributed by atoms with Gasteiger partial charge in [0, 0.05) is 11.8 Å². The molecular weight excluding hydrogens is 357 g/mol. The van der Waals surface area contributed by atoms with Gasteiger partial charge in [-0.2, -0.15) is 0 Å². The predicted molar refractivity (Wildman–Crippen MR) is 124 cm³/mol. The number of aliphatic imine (C=N–C) groups is 1. The van der Waals surface area contributed by atoms with Crippen molar-refractivity contribution < 1.29 is 3.79 Å². The Kier molecular flexibility index (Phi) is 7.18. The van der Waals surface area contributed by atoms with Crippen molar-refractivity contribution in [3.05, 3.63) is 64.7 Å². The van der Waals surface area contributed by atoms with Gasteiger partial charge in [0.25, 0.3) is 0 Å². The van der Waals surface area contributed by atoms with Gasteiger partial charge in [0.2, 0.25) is 0 Å². The van der Waals surface area contributed by atoms with Gasteiger partial charge in [-0.1, -0.05) is 89.5 Å². The highest BCUT2D eigenvalue weighted by molar-refractivity contribution is 6.49. The summed E-state index contributed by atoms with van der Waals surface area (Å²) in [5.74, 6) is 5.46. The van der Waals surface area contributed by atoms with Gasteiger partial charge < -0.3 is 3.79 Å². The van der Waals surface area contributed by atoms with Crippen molar-refractivity contribution in [3.63, 3.8) is 0 Å². The standard InChI is InChI=1S/C23H31NO.2CH3.Al/c1-16(17-11-9-8-10-12-17)24-15-18-13-19(22(2,3)4)14-20(21(18)25)23(5,6)7;;;/h8-16,25H,1-7H3;2*1H3;/q;;;+1/p-1/t16-;;;/m0.../s1. The van der Waals surface area contributed by atoms with E-state index >= 15 is 0 Å². The SMILES string of the molecule is C[C@H](N=Cc1cc(C(C)(C)C)cc(C(C)(C)C)c1[O][Al]([CH3])[CH3])c1ccccc1. The van der Waals surface area contributed by atoms with Crippen LogP contribution in [0.15, 0.2) is 47.5 Å². The normalized spacial score (nSPS) is 13.6. The Morgan fingerprint density at radius 3 is 2.04 bits per heavy atom. The smallest absolute Gasteiger partial charge is 0.540 e. The van der Waals surface area contributed by atoms with Gasteiger partial charge in [-0.15, -0.1) is 0 Å².